The number of aliphatic hydroxyl groups excluding tert-OH is 1. The van der Waals surface area contributed by atoms with Crippen molar-refractivity contribution >= 4 is 0 Å². The van der Waals surface area contributed by atoms with Crippen LogP contribution in [-0.4, -0.2) is 11.7 Å². The molecule has 0 aliphatic carbocycles. The molecule has 0 saturated heterocycles. The van der Waals surface area contributed by atoms with Crippen molar-refractivity contribution in [2.45, 2.75) is 71.1 Å². The van der Waals surface area contributed by atoms with Crippen LogP contribution in [0.5, 0.6) is 0 Å². The standard InChI is InChI=1S/C20H34O/c1-2-3-4-5-6-7-8-9-10-11-12-13-14-15-16-17-18-19-20-21/h6-7,9-10,12-13,15-16,21H,2-5,8,11,14,17-20H2,1H3/b7-6?,10-9-,13-12?,16-15?. The highest BCUT2D eigenvalue weighted by Crippen LogP contribution is 2.01. The predicted octanol–water partition coefficient (Wildman–Crippen LogP) is 6.12. The van der Waals surface area contributed by atoms with E-state index in [1.165, 1.54) is 25.7 Å². The number of hydrogen-bond donors (Lipinski definition) is 1. The molecule has 0 saturated carbocycles. The van der Waals surface area contributed by atoms with Crippen LogP contribution in [0, 0.1) is 0 Å². The predicted molar refractivity (Wildman–Crippen MR) is 95.5 cm³/mol. The van der Waals surface area contributed by atoms with E-state index in [0.29, 0.717) is 6.61 Å². The highest BCUT2D eigenvalue weighted by atomic mass is 16.2. The molecule has 1 N–H and O–H groups in total. The van der Waals surface area contributed by atoms with Gasteiger partial charge in [0.15, 0.2) is 0 Å². The third-order valence-electron chi connectivity index (χ3n) is 3.24. The van der Waals surface area contributed by atoms with E-state index in [2.05, 4.69) is 55.5 Å². The summed E-state index contributed by atoms with van der Waals surface area (Å²) in [5.74, 6) is 0. The number of unbranched alkanes of at least 4 members (excludes halogenated alkanes) is 5. The lowest BCUT2D eigenvalue weighted by molar-refractivity contribution is 0.285. The van der Waals surface area contributed by atoms with Gasteiger partial charge < -0.3 is 5.11 Å². The maximum Gasteiger partial charge on any atom is 0.0431 e. The van der Waals surface area contributed by atoms with Crippen molar-refractivity contribution in [1.29, 1.82) is 0 Å². The maximum absolute atomic E-state index is 8.65. The lowest BCUT2D eigenvalue weighted by Crippen LogP contribution is -1.79. The Hall–Kier alpha value is -1.08. The Morgan fingerprint density at radius 1 is 0.571 bits per heavy atom. The third kappa shape index (κ3) is 18.9. The van der Waals surface area contributed by atoms with Crippen molar-refractivity contribution in [2.75, 3.05) is 6.61 Å². The highest BCUT2D eigenvalue weighted by Gasteiger charge is 1.82. The van der Waals surface area contributed by atoms with Crippen molar-refractivity contribution in [3.63, 3.8) is 0 Å². The Morgan fingerprint density at radius 3 is 1.43 bits per heavy atom. The molecule has 0 aromatic heterocycles. The number of aliphatic hydroxyl groups is 1. The summed E-state index contributed by atoms with van der Waals surface area (Å²) in [6, 6.07) is 0. The summed E-state index contributed by atoms with van der Waals surface area (Å²) in [5.41, 5.74) is 0. The van der Waals surface area contributed by atoms with Gasteiger partial charge in [0.1, 0.15) is 0 Å². The summed E-state index contributed by atoms with van der Waals surface area (Å²) in [5, 5.41) is 8.65. The van der Waals surface area contributed by atoms with Gasteiger partial charge in [-0.1, -0.05) is 68.4 Å². The molecular weight excluding hydrogens is 256 g/mol. The van der Waals surface area contributed by atoms with Gasteiger partial charge in [-0.3, -0.25) is 0 Å². The van der Waals surface area contributed by atoms with Crippen LogP contribution < -0.4 is 0 Å². The minimum Gasteiger partial charge on any atom is -0.396 e. The van der Waals surface area contributed by atoms with E-state index < -0.39 is 0 Å². The average Bonchev–Trinajstić information content (AvgIpc) is 2.50. The van der Waals surface area contributed by atoms with E-state index in [4.69, 9.17) is 5.11 Å². The van der Waals surface area contributed by atoms with Gasteiger partial charge in [0.25, 0.3) is 0 Å². The fourth-order valence-corrected chi connectivity index (χ4v) is 1.93. The first kappa shape index (κ1) is 19.9. The normalized spacial score (nSPS) is 12.7. The summed E-state index contributed by atoms with van der Waals surface area (Å²) >= 11 is 0. The lowest BCUT2D eigenvalue weighted by atomic mass is 10.2. The second-order valence-corrected chi connectivity index (χ2v) is 5.31. The van der Waals surface area contributed by atoms with E-state index in [-0.39, 0.29) is 0 Å². The molecule has 0 spiro atoms. The maximum atomic E-state index is 8.65. The summed E-state index contributed by atoms with van der Waals surface area (Å²) in [7, 11) is 0. The molecule has 0 heterocycles. The summed E-state index contributed by atoms with van der Waals surface area (Å²) in [6.45, 7) is 2.56. The van der Waals surface area contributed by atoms with Gasteiger partial charge in [-0.05, 0) is 51.4 Å². The van der Waals surface area contributed by atoms with E-state index in [1.54, 1.807) is 0 Å². The lowest BCUT2D eigenvalue weighted by Gasteiger charge is -1.91. The first-order valence-electron chi connectivity index (χ1n) is 8.62. The zero-order valence-corrected chi connectivity index (χ0v) is 13.8. The molecule has 1 heteroatoms. The molecule has 120 valence electrons. The second-order valence-electron chi connectivity index (χ2n) is 5.31. The molecule has 0 aromatic carbocycles. The second kappa shape index (κ2) is 18.9. The van der Waals surface area contributed by atoms with Gasteiger partial charge in [-0.15, -0.1) is 0 Å². The Balaban J connectivity index is 3.35. The molecule has 0 atom stereocenters. The monoisotopic (exact) mass is 290 g/mol. The molecule has 0 aliphatic rings. The van der Waals surface area contributed by atoms with Crippen molar-refractivity contribution in [3.8, 4) is 0 Å². The molecule has 0 amide bonds. The summed E-state index contributed by atoms with van der Waals surface area (Å²) in [4.78, 5) is 0. The number of rotatable bonds is 14. The van der Waals surface area contributed by atoms with E-state index >= 15 is 0 Å². The molecule has 0 fully saturated rings. The van der Waals surface area contributed by atoms with Gasteiger partial charge in [-0.25, -0.2) is 0 Å². The largest absolute Gasteiger partial charge is 0.396 e. The fourth-order valence-electron chi connectivity index (χ4n) is 1.93. The van der Waals surface area contributed by atoms with Gasteiger partial charge in [0, 0.05) is 6.61 Å². The molecule has 0 bridgehead atoms. The Labute approximate surface area is 132 Å². The summed E-state index contributed by atoms with van der Waals surface area (Å²) in [6.07, 6.45) is 29.3. The van der Waals surface area contributed by atoms with Crippen LogP contribution in [0.2, 0.25) is 0 Å². The zero-order valence-electron chi connectivity index (χ0n) is 13.8. The molecule has 0 aromatic rings. The quantitative estimate of drug-likeness (QED) is 0.301. The van der Waals surface area contributed by atoms with E-state index in [1.807, 2.05) is 0 Å². The molecule has 0 radical (unpaired) electrons. The number of allylic oxidation sites excluding steroid dienone is 8. The molecule has 0 aliphatic heterocycles. The van der Waals surface area contributed by atoms with Crippen molar-refractivity contribution < 1.29 is 5.11 Å². The van der Waals surface area contributed by atoms with Crippen molar-refractivity contribution in [3.05, 3.63) is 48.6 Å². The number of hydrogen-bond acceptors (Lipinski definition) is 1. The Bertz CT molecular complexity index is 267. The van der Waals surface area contributed by atoms with Crippen molar-refractivity contribution in [2.24, 2.45) is 0 Å². The van der Waals surface area contributed by atoms with Gasteiger partial charge >= 0.3 is 0 Å². The molecule has 0 rings (SSSR count). The third-order valence-corrected chi connectivity index (χ3v) is 3.24. The van der Waals surface area contributed by atoms with Gasteiger partial charge in [0.2, 0.25) is 0 Å². The fraction of sp³-hybridized carbons (Fsp3) is 0.600. The average molecular weight is 290 g/mol. The Kier molecular flexibility index (Phi) is 17.9. The summed E-state index contributed by atoms with van der Waals surface area (Å²) < 4.78 is 0. The van der Waals surface area contributed by atoms with Crippen LogP contribution in [0.15, 0.2) is 48.6 Å². The van der Waals surface area contributed by atoms with Crippen LogP contribution in [-0.2, 0) is 0 Å². The Morgan fingerprint density at radius 2 is 1.00 bits per heavy atom. The molecule has 21 heavy (non-hydrogen) atoms. The smallest absolute Gasteiger partial charge is 0.0431 e. The molecular formula is C20H34O. The van der Waals surface area contributed by atoms with Gasteiger partial charge in [0.05, 0.1) is 0 Å². The van der Waals surface area contributed by atoms with Crippen LogP contribution >= 0.6 is 0 Å². The minimum absolute atomic E-state index is 0.313. The van der Waals surface area contributed by atoms with E-state index in [0.717, 1.165) is 38.5 Å². The first-order chi connectivity index (χ1) is 10.4. The van der Waals surface area contributed by atoms with Gasteiger partial charge in [-0.2, -0.15) is 0 Å². The highest BCUT2D eigenvalue weighted by molar-refractivity contribution is 4.99. The first-order valence-corrected chi connectivity index (χ1v) is 8.62. The molecule has 0 unspecified atom stereocenters. The van der Waals surface area contributed by atoms with Crippen LogP contribution in [0.1, 0.15) is 71.1 Å². The van der Waals surface area contributed by atoms with Crippen LogP contribution in [0.3, 0.4) is 0 Å². The van der Waals surface area contributed by atoms with E-state index in [9.17, 15) is 0 Å². The van der Waals surface area contributed by atoms with Crippen LogP contribution in [0.25, 0.3) is 0 Å². The topological polar surface area (TPSA) is 20.2 Å². The SMILES string of the molecule is CCCCCC=CC/C=C\CC=CCC=CCCCCO. The van der Waals surface area contributed by atoms with Crippen LogP contribution in [0.4, 0.5) is 0 Å². The minimum atomic E-state index is 0.313. The van der Waals surface area contributed by atoms with Crippen molar-refractivity contribution in [1.82, 2.24) is 0 Å². The molecule has 1 nitrogen and oxygen atoms in total. The zero-order chi connectivity index (χ0) is 15.4.